The van der Waals surface area contributed by atoms with Crippen molar-refractivity contribution in [2.45, 2.75) is 6.92 Å². The molecule has 0 unspecified atom stereocenters. The second-order valence-corrected chi connectivity index (χ2v) is 2.43. The Hall–Kier alpha value is -1.60. The van der Waals surface area contributed by atoms with Gasteiger partial charge in [0.25, 0.3) is 0 Å². The van der Waals surface area contributed by atoms with E-state index in [0.717, 1.165) is 5.84 Å². The minimum absolute atomic E-state index is 0.842. The SMILES string of the molecule is CC1=CN2C=C=NN=C2C=C1. The van der Waals surface area contributed by atoms with Gasteiger partial charge in [0.2, 0.25) is 0 Å². The molecule has 2 rings (SSSR count). The van der Waals surface area contributed by atoms with Gasteiger partial charge in [-0.05, 0) is 18.6 Å². The van der Waals surface area contributed by atoms with Crippen molar-refractivity contribution in [1.82, 2.24) is 4.90 Å². The van der Waals surface area contributed by atoms with E-state index in [1.165, 1.54) is 5.57 Å². The summed E-state index contributed by atoms with van der Waals surface area (Å²) in [6, 6.07) is 0. The van der Waals surface area contributed by atoms with Gasteiger partial charge in [0.15, 0.2) is 5.84 Å². The standard InChI is InChI=1S/C8H7N3/c1-7-2-3-8-10-9-4-5-11(8)6-7/h2-3,5-6H,1H3. The Labute approximate surface area is 64.7 Å². The molecule has 0 radical (unpaired) electrons. The van der Waals surface area contributed by atoms with Crippen molar-refractivity contribution in [1.29, 1.82) is 0 Å². The summed E-state index contributed by atoms with van der Waals surface area (Å²) in [6.07, 6.45) is 7.68. The van der Waals surface area contributed by atoms with E-state index in [-0.39, 0.29) is 0 Å². The van der Waals surface area contributed by atoms with Gasteiger partial charge in [-0.2, -0.15) is 0 Å². The second-order valence-electron chi connectivity index (χ2n) is 2.43. The van der Waals surface area contributed by atoms with E-state index in [1.54, 1.807) is 6.20 Å². The van der Waals surface area contributed by atoms with E-state index >= 15 is 0 Å². The normalized spacial score (nSPS) is 19.5. The zero-order chi connectivity index (χ0) is 7.68. The van der Waals surface area contributed by atoms with Crippen molar-refractivity contribution >= 4 is 11.7 Å². The van der Waals surface area contributed by atoms with Gasteiger partial charge in [-0.1, -0.05) is 6.08 Å². The molecule has 11 heavy (non-hydrogen) atoms. The molecule has 0 aromatic rings. The Bertz CT molecular complexity index is 327. The summed E-state index contributed by atoms with van der Waals surface area (Å²) in [6.45, 7) is 2.03. The minimum Gasteiger partial charge on any atom is -0.298 e. The molecule has 3 heteroatoms. The Balaban J connectivity index is 2.44. The summed E-state index contributed by atoms with van der Waals surface area (Å²) in [5.41, 5.74) is 1.20. The minimum atomic E-state index is 0.842. The van der Waals surface area contributed by atoms with E-state index in [2.05, 4.69) is 16.1 Å². The van der Waals surface area contributed by atoms with Crippen LogP contribution in [-0.2, 0) is 0 Å². The lowest BCUT2D eigenvalue weighted by atomic mass is 10.2. The van der Waals surface area contributed by atoms with Gasteiger partial charge in [0.1, 0.15) is 0 Å². The molecule has 0 aliphatic carbocycles. The van der Waals surface area contributed by atoms with E-state index < -0.39 is 0 Å². The number of amidine groups is 1. The molecule has 0 aromatic heterocycles. The fourth-order valence-electron chi connectivity index (χ4n) is 0.977. The topological polar surface area (TPSA) is 28.0 Å². The Morgan fingerprint density at radius 2 is 2.36 bits per heavy atom. The van der Waals surface area contributed by atoms with Crippen molar-refractivity contribution in [2.75, 3.05) is 0 Å². The highest BCUT2D eigenvalue weighted by Crippen LogP contribution is 2.10. The molecule has 54 valence electrons. The fourth-order valence-corrected chi connectivity index (χ4v) is 0.977. The molecule has 2 aliphatic rings. The van der Waals surface area contributed by atoms with Crippen molar-refractivity contribution in [2.24, 2.45) is 10.2 Å². The van der Waals surface area contributed by atoms with E-state index in [1.807, 2.05) is 30.2 Å². The largest absolute Gasteiger partial charge is 0.298 e. The van der Waals surface area contributed by atoms with Gasteiger partial charge in [-0.3, -0.25) is 4.90 Å². The molecule has 0 fully saturated rings. The summed E-state index contributed by atoms with van der Waals surface area (Å²) < 4.78 is 0. The zero-order valence-electron chi connectivity index (χ0n) is 6.15. The molecule has 0 aromatic carbocycles. The van der Waals surface area contributed by atoms with Gasteiger partial charge in [-0.25, -0.2) is 0 Å². The summed E-state index contributed by atoms with van der Waals surface area (Å²) in [5, 5.41) is 7.53. The molecule has 3 nitrogen and oxygen atoms in total. The van der Waals surface area contributed by atoms with Crippen LogP contribution in [0.5, 0.6) is 0 Å². The quantitative estimate of drug-likeness (QED) is 0.504. The van der Waals surface area contributed by atoms with Gasteiger partial charge < -0.3 is 0 Å². The van der Waals surface area contributed by atoms with Crippen molar-refractivity contribution in [3.05, 3.63) is 30.1 Å². The van der Waals surface area contributed by atoms with Crippen LogP contribution in [0.15, 0.2) is 40.3 Å². The summed E-state index contributed by atoms with van der Waals surface area (Å²) in [5.74, 6) is 3.51. The van der Waals surface area contributed by atoms with Crippen LogP contribution in [0.3, 0.4) is 0 Å². The average molecular weight is 145 g/mol. The molecule has 0 saturated heterocycles. The molecule has 0 amide bonds. The fraction of sp³-hybridized carbons (Fsp3) is 0.125. The highest BCUT2D eigenvalue weighted by Gasteiger charge is 2.08. The average Bonchev–Trinajstić information content (AvgIpc) is 2.04. The predicted molar refractivity (Wildman–Crippen MR) is 44.2 cm³/mol. The number of hydrogen-bond donors (Lipinski definition) is 0. The van der Waals surface area contributed by atoms with Crippen LogP contribution in [0.25, 0.3) is 0 Å². The highest BCUT2D eigenvalue weighted by atomic mass is 15.3. The molecule has 0 spiro atoms. The summed E-state index contributed by atoms with van der Waals surface area (Å²) in [4.78, 5) is 1.89. The van der Waals surface area contributed by atoms with E-state index in [9.17, 15) is 0 Å². The molecule has 0 saturated carbocycles. The van der Waals surface area contributed by atoms with Crippen LogP contribution >= 0.6 is 0 Å². The van der Waals surface area contributed by atoms with Gasteiger partial charge in [0.05, 0.1) is 6.20 Å². The first-order chi connectivity index (χ1) is 5.36. The molecular weight excluding hydrogens is 138 g/mol. The maximum Gasteiger partial charge on any atom is 0.160 e. The molecule has 2 aliphatic heterocycles. The third-order valence-corrected chi connectivity index (χ3v) is 1.51. The van der Waals surface area contributed by atoms with Gasteiger partial charge >= 0.3 is 0 Å². The lowest BCUT2D eigenvalue weighted by Crippen LogP contribution is -2.22. The monoisotopic (exact) mass is 145 g/mol. The Morgan fingerprint density at radius 1 is 1.45 bits per heavy atom. The number of nitrogens with zero attached hydrogens (tertiary/aromatic N) is 3. The first-order valence-electron chi connectivity index (χ1n) is 3.38. The zero-order valence-corrected chi connectivity index (χ0v) is 6.15. The van der Waals surface area contributed by atoms with E-state index in [0.29, 0.717) is 0 Å². The van der Waals surface area contributed by atoms with Crippen LogP contribution in [0, 0.1) is 0 Å². The van der Waals surface area contributed by atoms with Gasteiger partial charge in [-0.15, -0.1) is 10.2 Å². The van der Waals surface area contributed by atoms with Crippen molar-refractivity contribution in [3.63, 3.8) is 0 Å². The summed E-state index contributed by atoms with van der Waals surface area (Å²) >= 11 is 0. The molecule has 0 N–H and O–H groups in total. The number of hydrogen-bond acceptors (Lipinski definition) is 3. The maximum absolute atomic E-state index is 3.88. The first kappa shape index (κ1) is 6.13. The first-order valence-corrected chi connectivity index (χ1v) is 3.38. The smallest absolute Gasteiger partial charge is 0.160 e. The Morgan fingerprint density at radius 3 is 3.27 bits per heavy atom. The highest BCUT2D eigenvalue weighted by molar-refractivity contribution is 5.97. The number of fused-ring (bicyclic) bond motifs is 1. The second kappa shape index (κ2) is 2.22. The van der Waals surface area contributed by atoms with Crippen molar-refractivity contribution in [3.8, 4) is 0 Å². The van der Waals surface area contributed by atoms with Crippen molar-refractivity contribution < 1.29 is 0 Å². The Kier molecular flexibility index (Phi) is 1.24. The molecule has 0 atom stereocenters. The third-order valence-electron chi connectivity index (χ3n) is 1.51. The van der Waals surface area contributed by atoms with Crippen LogP contribution in [0.4, 0.5) is 0 Å². The molecule has 0 bridgehead atoms. The van der Waals surface area contributed by atoms with Gasteiger partial charge in [0, 0.05) is 12.1 Å². The van der Waals surface area contributed by atoms with Crippen LogP contribution in [-0.4, -0.2) is 16.6 Å². The number of allylic oxidation sites excluding steroid dienone is 2. The molecule has 2 heterocycles. The maximum atomic E-state index is 3.88. The summed E-state index contributed by atoms with van der Waals surface area (Å²) in [7, 11) is 0. The lowest BCUT2D eigenvalue weighted by Gasteiger charge is -2.18. The van der Waals surface area contributed by atoms with Crippen LogP contribution in [0.2, 0.25) is 0 Å². The van der Waals surface area contributed by atoms with Crippen LogP contribution in [0.1, 0.15) is 6.92 Å². The molecular formula is C8H7N3. The third kappa shape index (κ3) is 1.02. The lowest BCUT2D eigenvalue weighted by molar-refractivity contribution is 0.744. The van der Waals surface area contributed by atoms with E-state index in [4.69, 9.17) is 0 Å². The predicted octanol–water partition coefficient (Wildman–Crippen LogP) is 1.27. The van der Waals surface area contributed by atoms with Crippen LogP contribution < -0.4 is 0 Å². The number of rotatable bonds is 0.